The van der Waals surface area contributed by atoms with Crippen LogP contribution < -0.4 is 5.32 Å². The zero-order chi connectivity index (χ0) is 7.98. The Hall–Kier alpha value is -0.310. The van der Waals surface area contributed by atoms with Crippen molar-refractivity contribution in [2.24, 2.45) is 0 Å². The van der Waals surface area contributed by atoms with Crippen molar-refractivity contribution in [1.82, 2.24) is 5.32 Å². The third-order valence-corrected chi connectivity index (χ3v) is 1.44. The fourth-order valence-electron chi connectivity index (χ4n) is 0.452. The topological polar surface area (TPSA) is 21.3 Å². The first-order valence-corrected chi connectivity index (χ1v) is 4.06. The van der Waals surface area contributed by atoms with Crippen LogP contribution in [0.5, 0.6) is 0 Å². The van der Waals surface area contributed by atoms with Crippen molar-refractivity contribution in [3.63, 3.8) is 0 Å². The van der Waals surface area contributed by atoms with Crippen molar-refractivity contribution in [2.45, 2.75) is 33.3 Å². The number of thiocarbonyl (C=S) groups is 1. The van der Waals surface area contributed by atoms with Gasteiger partial charge >= 0.3 is 0 Å². The second-order valence-electron chi connectivity index (χ2n) is 2.15. The van der Waals surface area contributed by atoms with Crippen LogP contribution in [0.4, 0.5) is 0 Å². The van der Waals surface area contributed by atoms with Crippen LogP contribution >= 0.6 is 12.2 Å². The Bertz CT molecular complexity index is 106. The third kappa shape index (κ3) is 4.56. The molecule has 0 spiro atoms. The fourth-order valence-corrected chi connectivity index (χ4v) is 0.761. The first-order valence-electron chi connectivity index (χ1n) is 3.65. The highest BCUT2D eigenvalue weighted by atomic mass is 32.1. The molecule has 0 fully saturated rings. The highest BCUT2D eigenvalue weighted by Crippen LogP contribution is 1.95. The van der Waals surface area contributed by atoms with E-state index in [0.717, 1.165) is 13.0 Å². The van der Waals surface area contributed by atoms with Gasteiger partial charge in [0.05, 0.1) is 6.10 Å². The van der Waals surface area contributed by atoms with E-state index in [1.54, 1.807) is 0 Å². The molecule has 1 atom stereocenters. The molecule has 60 valence electrons. The molecule has 0 saturated heterocycles. The quantitative estimate of drug-likeness (QED) is 0.636. The van der Waals surface area contributed by atoms with Gasteiger partial charge in [0.1, 0.15) is 0 Å². The van der Waals surface area contributed by atoms with Crippen LogP contribution in [0.1, 0.15) is 27.2 Å². The van der Waals surface area contributed by atoms with E-state index in [1.165, 1.54) is 0 Å². The molecule has 0 heterocycles. The second kappa shape index (κ2) is 5.47. The van der Waals surface area contributed by atoms with Crippen LogP contribution in [0, 0.1) is 0 Å². The van der Waals surface area contributed by atoms with Gasteiger partial charge in [0.2, 0.25) is 0 Å². The maximum absolute atomic E-state index is 5.26. The normalized spacial score (nSPS) is 12.3. The summed E-state index contributed by atoms with van der Waals surface area (Å²) in [5.41, 5.74) is 0. The summed E-state index contributed by atoms with van der Waals surface area (Å²) in [6.45, 7) is 6.89. The predicted octanol–water partition coefficient (Wildman–Crippen LogP) is 1.70. The van der Waals surface area contributed by atoms with Crippen LogP contribution in [0.25, 0.3) is 0 Å². The highest BCUT2D eigenvalue weighted by molar-refractivity contribution is 7.80. The van der Waals surface area contributed by atoms with Crippen molar-refractivity contribution >= 4 is 17.4 Å². The molecule has 2 nitrogen and oxygen atoms in total. The van der Waals surface area contributed by atoms with Crippen LogP contribution in [-0.2, 0) is 4.74 Å². The monoisotopic (exact) mass is 161 g/mol. The smallest absolute Gasteiger partial charge is 0.256 e. The van der Waals surface area contributed by atoms with Crippen molar-refractivity contribution in [3.05, 3.63) is 0 Å². The Kier molecular flexibility index (Phi) is 5.30. The minimum Gasteiger partial charge on any atom is -0.468 e. The van der Waals surface area contributed by atoms with E-state index in [2.05, 4.69) is 12.2 Å². The van der Waals surface area contributed by atoms with Crippen molar-refractivity contribution in [3.8, 4) is 0 Å². The van der Waals surface area contributed by atoms with Gasteiger partial charge in [-0.25, -0.2) is 0 Å². The lowest BCUT2D eigenvalue weighted by Crippen LogP contribution is -2.26. The molecule has 1 N–H and O–H groups in total. The average Bonchev–Trinajstić information content (AvgIpc) is 1.88. The predicted molar refractivity (Wildman–Crippen MR) is 47.1 cm³/mol. The van der Waals surface area contributed by atoms with E-state index in [4.69, 9.17) is 17.0 Å². The van der Waals surface area contributed by atoms with E-state index >= 15 is 0 Å². The molecule has 0 bridgehead atoms. The molecule has 0 aromatic heterocycles. The van der Waals surface area contributed by atoms with E-state index < -0.39 is 0 Å². The number of hydrogen-bond donors (Lipinski definition) is 1. The van der Waals surface area contributed by atoms with Crippen LogP contribution in [0.3, 0.4) is 0 Å². The summed E-state index contributed by atoms with van der Waals surface area (Å²) in [7, 11) is 0. The van der Waals surface area contributed by atoms with Gasteiger partial charge < -0.3 is 10.1 Å². The Morgan fingerprint density at radius 3 is 2.60 bits per heavy atom. The average molecular weight is 161 g/mol. The molecule has 1 unspecified atom stereocenters. The lowest BCUT2D eigenvalue weighted by Gasteiger charge is -2.12. The van der Waals surface area contributed by atoms with Crippen LogP contribution in [0.2, 0.25) is 0 Å². The fraction of sp³-hybridized carbons (Fsp3) is 0.857. The Labute approximate surface area is 68.0 Å². The van der Waals surface area contributed by atoms with Gasteiger partial charge in [0, 0.05) is 6.54 Å². The Morgan fingerprint density at radius 1 is 1.60 bits per heavy atom. The maximum atomic E-state index is 5.26. The van der Waals surface area contributed by atoms with Gasteiger partial charge in [-0.1, -0.05) is 6.92 Å². The molecule has 0 rings (SSSR count). The van der Waals surface area contributed by atoms with E-state index in [1.807, 2.05) is 13.8 Å². The minimum absolute atomic E-state index is 0.228. The van der Waals surface area contributed by atoms with E-state index in [9.17, 15) is 0 Å². The van der Waals surface area contributed by atoms with Gasteiger partial charge in [-0.15, -0.1) is 0 Å². The van der Waals surface area contributed by atoms with Gasteiger partial charge in [0.25, 0.3) is 5.17 Å². The zero-order valence-corrected chi connectivity index (χ0v) is 7.62. The standard InChI is InChI=1S/C7H15NOS/c1-4-6(3)9-7(10)8-5-2/h6H,4-5H2,1-3H3,(H,8,10). The molecule has 0 aromatic carbocycles. The SMILES string of the molecule is CCNC(=S)OC(C)CC. The number of hydrogen-bond acceptors (Lipinski definition) is 2. The molecular weight excluding hydrogens is 146 g/mol. The molecular formula is C7H15NOS. The molecule has 0 amide bonds. The molecule has 0 saturated carbocycles. The number of nitrogens with one attached hydrogen (secondary N) is 1. The molecule has 3 heteroatoms. The maximum Gasteiger partial charge on any atom is 0.256 e. The Balaban J connectivity index is 3.37. The van der Waals surface area contributed by atoms with Crippen molar-refractivity contribution in [1.29, 1.82) is 0 Å². The third-order valence-electron chi connectivity index (χ3n) is 1.20. The van der Waals surface area contributed by atoms with Gasteiger partial charge in [0.15, 0.2) is 0 Å². The van der Waals surface area contributed by atoms with E-state index in [0.29, 0.717) is 5.17 Å². The zero-order valence-electron chi connectivity index (χ0n) is 6.81. The molecule has 0 aliphatic heterocycles. The molecule has 0 aliphatic rings. The van der Waals surface area contributed by atoms with E-state index in [-0.39, 0.29) is 6.10 Å². The van der Waals surface area contributed by atoms with Gasteiger partial charge in [-0.3, -0.25) is 0 Å². The summed E-state index contributed by atoms with van der Waals surface area (Å²) in [4.78, 5) is 0. The summed E-state index contributed by atoms with van der Waals surface area (Å²) in [5.74, 6) is 0. The first-order chi connectivity index (χ1) is 4.70. The lowest BCUT2D eigenvalue weighted by molar-refractivity contribution is 0.200. The molecule has 10 heavy (non-hydrogen) atoms. The summed E-state index contributed by atoms with van der Waals surface area (Å²) < 4.78 is 5.26. The molecule has 0 aromatic rings. The van der Waals surface area contributed by atoms with Crippen LogP contribution in [0.15, 0.2) is 0 Å². The van der Waals surface area contributed by atoms with Crippen LogP contribution in [-0.4, -0.2) is 17.8 Å². The lowest BCUT2D eigenvalue weighted by atomic mass is 10.3. The summed E-state index contributed by atoms with van der Waals surface area (Å²) in [6, 6.07) is 0. The second-order valence-corrected chi connectivity index (χ2v) is 2.53. The van der Waals surface area contributed by atoms with Crippen molar-refractivity contribution in [2.75, 3.05) is 6.54 Å². The highest BCUT2D eigenvalue weighted by Gasteiger charge is 2.00. The summed E-state index contributed by atoms with van der Waals surface area (Å²) in [5, 5.41) is 3.43. The molecule has 0 aliphatic carbocycles. The van der Waals surface area contributed by atoms with Gasteiger partial charge in [-0.05, 0) is 32.5 Å². The summed E-state index contributed by atoms with van der Waals surface area (Å²) >= 11 is 4.86. The minimum atomic E-state index is 0.228. The molecule has 0 radical (unpaired) electrons. The van der Waals surface area contributed by atoms with Gasteiger partial charge in [-0.2, -0.15) is 0 Å². The van der Waals surface area contributed by atoms with Crippen molar-refractivity contribution < 1.29 is 4.74 Å². The largest absolute Gasteiger partial charge is 0.468 e. The number of rotatable bonds is 3. The first kappa shape index (κ1) is 9.69. The number of ether oxygens (including phenoxy) is 1. The summed E-state index contributed by atoms with van der Waals surface area (Å²) in [6.07, 6.45) is 1.22. The Morgan fingerprint density at radius 2 is 2.20 bits per heavy atom.